The van der Waals surface area contributed by atoms with Gasteiger partial charge in [-0.1, -0.05) is 101 Å². The van der Waals surface area contributed by atoms with Gasteiger partial charge in [0.25, 0.3) is 5.56 Å². The maximum Gasteiger partial charge on any atom is 0.296 e. The zero-order valence-corrected chi connectivity index (χ0v) is 27.0. The first kappa shape index (κ1) is 30.7. The van der Waals surface area contributed by atoms with E-state index in [1.807, 2.05) is 55.5 Å². The third-order valence-corrected chi connectivity index (χ3v) is 8.88. The molecule has 2 aromatic carbocycles. The molecule has 0 saturated carbocycles. The van der Waals surface area contributed by atoms with Gasteiger partial charge in [-0.25, -0.2) is 14.4 Å². The number of rotatable bonds is 10. The van der Waals surface area contributed by atoms with Crippen LogP contribution in [0.1, 0.15) is 61.2 Å². The average molecular weight is 669 g/mol. The Labute approximate surface area is 270 Å². The molecule has 0 saturated heterocycles. The molecule has 2 aliphatic carbocycles. The second-order valence-corrected chi connectivity index (χ2v) is 12.5. The van der Waals surface area contributed by atoms with Crippen LogP contribution in [0.2, 0.25) is 0 Å². The summed E-state index contributed by atoms with van der Waals surface area (Å²) in [6, 6.07) is 17.8. The summed E-state index contributed by atoms with van der Waals surface area (Å²) in [6.45, 7) is 2.19. The van der Waals surface area contributed by atoms with Gasteiger partial charge in [-0.3, -0.25) is 9.36 Å². The lowest BCUT2D eigenvalue weighted by atomic mass is 9.89. The second kappa shape index (κ2) is 13.8. The third kappa shape index (κ3) is 7.17. The number of benzene rings is 2. The number of hydrogen-bond donors (Lipinski definition) is 0. The molecular formula is C37H35BrFN3O3. The van der Waals surface area contributed by atoms with E-state index in [4.69, 9.17) is 14.1 Å². The van der Waals surface area contributed by atoms with E-state index in [2.05, 4.69) is 51.3 Å². The van der Waals surface area contributed by atoms with E-state index in [-0.39, 0.29) is 47.2 Å². The van der Waals surface area contributed by atoms with E-state index in [0.717, 1.165) is 34.0 Å². The van der Waals surface area contributed by atoms with Crippen LogP contribution < -0.4 is 10.3 Å². The Morgan fingerprint density at radius 2 is 1.91 bits per heavy atom. The van der Waals surface area contributed by atoms with Gasteiger partial charge in [0.05, 0.1) is 6.20 Å². The standard InChI is InChI=1S/C37H35BrFN3O3/c1-24-19-30(39)18-15-28(24)21-31-22-40-36(45-31)33-34(44-23-26-11-7-4-8-12-26)37(43)42(2)35(41-33)32(20-25-9-5-3-6-10-25)27-13-16-29(38)17-14-27/h4-5,7-18,22,24,32H,3,6,19-21,23H2,1-2H3. The maximum absolute atomic E-state index is 14.1. The molecule has 0 spiro atoms. The first-order valence-electron chi connectivity index (χ1n) is 15.2. The van der Waals surface area contributed by atoms with Crippen molar-refractivity contribution >= 4 is 15.9 Å². The van der Waals surface area contributed by atoms with Crippen molar-refractivity contribution in [2.24, 2.45) is 13.0 Å². The minimum atomic E-state index is -0.315. The molecule has 4 aromatic rings. The number of allylic oxidation sites excluding steroid dienone is 8. The topological polar surface area (TPSA) is 70.2 Å². The van der Waals surface area contributed by atoms with Crippen LogP contribution >= 0.6 is 15.9 Å². The predicted octanol–water partition coefficient (Wildman–Crippen LogP) is 8.94. The van der Waals surface area contributed by atoms with Gasteiger partial charge in [-0.2, -0.15) is 0 Å². The van der Waals surface area contributed by atoms with Crippen LogP contribution in [-0.2, 0) is 20.1 Å². The van der Waals surface area contributed by atoms with Crippen LogP contribution in [0.25, 0.3) is 11.6 Å². The number of oxazole rings is 1. The molecule has 2 heterocycles. The van der Waals surface area contributed by atoms with E-state index in [9.17, 15) is 9.18 Å². The van der Waals surface area contributed by atoms with Gasteiger partial charge in [0.2, 0.25) is 11.6 Å². The van der Waals surface area contributed by atoms with Crippen molar-refractivity contribution in [2.75, 3.05) is 0 Å². The van der Waals surface area contributed by atoms with E-state index >= 15 is 0 Å². The molecule has 45 heavy (non-hydrogen) atoms. The number of nitrogens with zero attached hydrogens (tertiary/aromatic N) is 3. The van der Waals surface area contributed by atoms with E-state index < -0.39 is 0 Å². The number of aromatic nitrogens is 3. The monoisotopic (exact) mass is 667 g/mol. The highest BCUT2D eigenvalue weighted by atomic mass is 79.9. The largest absolute Gasteiger partial charge is 0.481 e. The van der Waals surface area contributed by atoms with Crippen molar-refractivity contribution in [3.63, 3.8) is 0 Å². The summed E-state index contributed by atoms with van der Waals surface area (Å²) in [4.78, 5) is 23.8. The van der Waals surface area contributed by atoms with Crippen molar-refractivity contribution in [1.82, 2.24) is 14.5 Å². The summed E-state index contributed by atoms with van der Waals surface area (Å²) in [7, 11) is 1.74. The molecule has 6 rings (SSSR count). The van der Waals surface area contributed by atoms with Crippen molar-refractivity contribution in [3.05, 3.63) is 146 Å². The predicted molar refractivity (Wildman–Crippen MR) is 178 cm³/mol. The summed E-state index contributed by atoms with van der Waals surface area (Å²) in [5.74, 6) is 1.21. The summed E-state index contributed by atoms with van der Waals surface area (Å²) in [5, 5.41) is 0. The average Bonchev–Trinajstić information content (AvgIpc) is 3.52. The molecule has 0 aliphatic heterocycles. The van der Waals surface area contributed by atoms with Crippen LogP contribution in [0.5, 0.6) is 5.75 Å². The quantitative estimate of drug-likeness (QED) is 0.169. The minimum Gasteiger partial charge on any atom is -0.481 e. The first-order chi connectivity index (χ1) is 21.9. The molecule has 230 valence electrons. The zero-order valence-electron chi connectivity index (χ0n) is 25.4. The smallest absolute Gasteiger partial charge is 0.296 e. The summed E-state index contributed by atoms with van der Waals surface area (Å²) in [5.41, 5.74) is 4.17. The Hall–Kier alpha value is -4.30. The van der Waals surface area contributed by atoms with Gasteiger partial charge in [-0.05, 0) is 54.5 Å². The third-order valence-electron chi connectivity index (χ3n) is 8.35. The molecule has 0 N–H and O–H groups in total. The van der Waals surface area contributed by atoms with Gasteiger partial charge >= 0.3 is 0 Å². The van der Waals surface area contributed by atoms with Crippen LogP contribution in [0.15, 0.2) is 122 Å². The van der Waals surface area contributed by atoms with Crippen LogP contribution in [0, 0.1) is 5.92 Å². The highest BCUT2D eigenvalue weighted by Crippen LogP contribution is 2.35. The molecule has 2 aromatic heterocycles. The summed E-state index contributed by atoms with van der Waals surface area (Å²) >= 11 is 3.55. The van der Waals surface area contributed by atoms with Crippen LogP contribution in [0.4, 0.5) is 4.39 Å². The number of hydrogen-bond acceptors (Lipinski definition) is 5. The Balaban J connectivity index is 1.44. The lowest BCUT2D eigenvalue weighted by Crippen LogP contribution is -2.27. The van der Waals surface area contributed by atoms with Crippen molar-refractivity contribution < 1.29 is 13.5 Å². The molecule has 2 aliphatic rings. The van der Waals surface area contributed by atoms with E-state index in [1.165, 1.54) is 11.6 Å². The molecule has 8 heteroatoms. The molecule has 2 atom stereocenters. The lowest BCUT2D eigenvalue weighted by molar-refractivity contribution is 0.297. The number of ether oxygens (including phenoxy) is 1. The summed E-state index contributed by atoms with van der Waals surface area (Å²) < 4.78 is 28.8. The molecule has 2 unspecified atom stereocenters. The molecule has 0 bridgehead atoms. The van der Waals surface area contributed by atoms with Gasteiger partial charge in [-0.15, -0.1) is 0 Å². The fraction of sp³-hybridized carbons (Fsp3) is 0.270. The lowest BCUT2D eigenvalue weighted by Gasteiger charge is -2.23. The molecule has 0 radical (unpaired) electrons. The van der Waals surface area contributed by atoms with Crippen molar-refractivity contribution in [3.8, 4) is 17.3 Å². The second-order valence-electron chi connectivity index (χ2n) is 11.6. The maximum atomic E-state index is 14.1. The fourth-order valence-corrected chi connectivity index (χ4v) is 6.07. The molecule has 6 nitrogen and oxygen atoms in total. The Kier molecular flexibility index (Phi) is 9.40. The van der Waals surface area contributed by atoms with Crippen molar-refractivity contribution in [1.29, 1.82) is 0 Å². The van der Waals surface area contributed by atoms with E-state index in [1.54, 1.807) is 17.8 Å². The fourth-order valence-electron chi connectivity index (χ4n) is 5.81. The zero-order chi connectivity index (χ0) is 31.3. The highest BCUT2D eigenvalue weighted by Gasteiger charge is 2.28. The van der Waals surface area contributed by atoms with E-state index in [0.29, 0.717) is 30.8 Å². The summed E-state index contributed by atoms with van der Waals surface area (Å²) in [6.07, 6.45) is 15.1. The molecule has 0 fully saturated rings. The molecular weight excluding hydrogens is 633 g/mol. The van der Waals surface area contributed by atoms with Crippen molar-refractivity contribution in [2.45, 2.75) is 51.6 Å². The first-order valence-corrected chi connectivity index (χ1v) is 16.0. The Morgan fingerprint density at radius 3 is 2.64 bits per heavy atom. The Bertz CT molecular complexity index is 1850. The van der Waals surface area contributed by atoms with Crippen LogP contribution in [-0.4, -0.2) is 14.5 Å². The SMILES string of the molecule is CC1CC(F)=CC=C1Cc1cnc(-c2nc(C(CC3=CCCC=C3)c3ccc(Br)cc3)n(C)c(=O)c2OCc2ccccc2)o1. The van der Waals surface area contributed by atoms with Gasteiger partial charge in [0, 0.05) is 30.3 Å². The highest BCUT2D eigenvalue weighted by molar-refractivity contribution is 9.10. The van der Waals surface area contributed by atoms with Gasteiger partial charge < -0.3 is 9.15 Å². The molecule has 0 amide bonds. The normalized spacial score (nSPS) is 17.0. The minimum absolute atomic E-state index is 0.0527. The van der Waals surface area contributed by atoms with Crippen LogP contribution in [0.3, 0.4) is 0 Å². The van der Waals surface area contributed by atoms with Gasteiger partial charge in [0.15, 0.2) is 5.69 Å². The van der Waals surface area contributed by atoms with Gasteiger partial charge in [0.1, 0.15) is 24.0 Å². The number of halogens is 2. The Morgan fingerprint density at radius 1 is 1.11 bits per heavy atom.